The fourth-order valence-corrected chi connectivity index (χ4v) is 4.05. The Hall–Kier alpha value is -2.08. The van der Waals surface area contributed by atoms with Gasteiger partial charge in [0.15, 0.2) is 0 Å². The van der Waals surface area contributed by atoms with Crippen molar-refractivity contribution in [2.24, 2.45) is 0 Å². The number of rotatable bonds is 3. The Balaban J connectivity index is 1.57. The Labute approximate surface area is 142 Å². The van der Waals surface area contributed by atoms with E-state index in [9.17, 15) is 4.79 Å². The molecule has 0 radical (unpaired) electrons. The molecule has 2 aliphatic rings. The zero-order valence-corrected chi connectivity index (χ0v) is 14.5. The largest absolute Gasteiger partial charge is 0.439 e. The highest BCUT2D eigenvalue weighted by Crippen LogP contribution is 2.33. The lowest BCUT2D eigenvalue weighted by molar-refractivity contribution is 0.0624. The van der Waals surface area contributed by atoms with Gasteiger partial charge >= 0.3 is 6.09 Å². The van der Waals surface area contributed by atoms with E-state index in [-0.39, 0.29) is 11.7 Å². The molecule has 2 saturated heterocycles. The maximum atomic E-state index is 11.7. The number of likely N-dealkylation sites (N-methyl/N-ethyl adjacent to an activating group) is 1. The van der Waals surface area contributed by atoms with E-state index in [2.05, 4.69) is 41.5 Å². The summed E-state index contributed by atoms with van der Waals surface area (Å²) in [6.45, 7) is 7.57. The van der Waals surface area contributed by atoms with Gasteiger partial charge in [0.1, 0.15) is 11.4 Å². The second kappa shape index (κ2) is 5.48. The smallest absolute Gasteiger partial charge is 0.410 e. The van der Waals surface area contributed by atoms with Crippen molar-refractivity contribution in [1.29, 1.82) is 0 Å². The molecule has 6 nitrogen and oxygen atoms in total. The van der Waals surface area contributed by atoms with Crippen LogP contribution in [0.2, 0.25) is 0 Å². The predicted molar refractivity (Wildman–Crippen MR) is 91.9 cm³/mol. The monoisotopic (exact) mass is 328 g/mol. The molecule has 0 N–H and O–H groups in total. The van der Waals surface area contributed by atoms with E-state index in [1.54, 1.807) is 11.9 Å². The average Bonchev–Trinajstić information content (AvgIpc) is 3.16. The first-order valence-electron chi connectivity index (χ1n) is 8.60. The number of carbonyl (C=O) groups is 1. The fraction of sp³-hybridized carbons (Fsp3) is 0.556. The zero-order valence-electron chi connectivity index (χ0n) is 14.5. The molecule has 2 aromatic rings. The molecule has 128 valence electrons. The van der Waals surface area contributed by atoms with Crippen LogP contribution in [0.1, 0.15) is 32.1 Å². The first-order valence-corrected chi connectivity index (χ1v) is 8.60. The van der Waals surface area contributed by atoms with Gasteiger partial charge in [0, 0.05) is 32.6 Å². The number of ether oxygens (including phenoxy) is 1. The van der Waals surface area contributed by atoms with Gasteiger partial charge in [-0.25, -0.2) is 9.78 Å². The number of likely N-dealkylation sites (tertiary alicyclic amines) is 1. The van der Waals surface area contributed by atoms with Crippen molar-refractivity contribution in [2.75, 3.05) is 26.7 Å². The van der Waals surface area contributed by atoms with Crippen LogP contribution in [0.25, 0.3) is 11.0 Å². The number of hydrogen-bond acceptors (Lipinski definition) is 4. The molecule has 1 spiro atoms. The minimum atomic E-state index is -0.333. The lowest BCUT2D eigenvalue weighted by Gasteiger charge is -2.22. The highest BCUT2D eigenvalue weighted by atomic mass is 16.6. The van der Waals surface area contributed by atoms with Gasteiger partial charge in [0.25, 0.3) is 0 Å². The van der Waals surface area contributed by atoms with Crippen molar-refractivity contribution >= 4 is 17.1 Å². The molecule has 1 atom stereocenters. The van der Waals surface area contributed by atoms with E-state index in [1.807, 2.05) is 6.07 Å². The maximum Gasteiger partial charge on any atom is 0.410 e. The van der Waals surface area contributed by atoms with E-state index < -0.39 is 0 Å². The van der Waals surface area contributed by atoms with Crippen LogP contribution in [0.4, 0.5) is 4.79 Å². The van der Waals surface area contributed by atoms with Gasteiger partial charge < -0.3 is 14.2 Å². The van der Waals surface area contributed by atoms with Gasteiger partial charge in [-0.15, -0.1) is 0 Å². The summed E-state index contributed by atoms with van der Waals surface area (Å²) < 4.78 is 7.96. The molecule has 4 rings (SSSR count). The van der Waals surface area contributed by atoms with Crippen LogP contribution < -0.4 is 0 Å². The Morgan fingerprint density at radius 2 is 2.08 bits per heavy atom. The molecule has 0 aliphatic carbocycles. The number of amides is 1. The number of nitrogens with zero attached hydrogens (tertiary/aromatic N) is 4. The van der Waals surface area contributed by atoms with Gasteiger partial charge in [-0.1, -0.05) is 12.1 Å². The summed E-state index contributed by atoms with van der Waals surface area (Å²) in [7, 11) is 1.80. The van der Waals surface area contributed by atoms with Crippen molar-refractivity contribution in [3.63, 3.8) is 0 Å². The zero-order chi connectivity index (χ0) is 16.9. The second-order valence-corrected chi connectivity index (χ2v) is 7.35. The van der Waals surface area contributed by atoms with Crippen molar-refractivity contribution in [1.82, 2.24) is 19.4 Å². The van der Waals surface area contributed by atoms with E-state index in [0.717, 1.165) is 37.4 Å². The van der Waals surface area contributed by atoms with Gasteiger partial charge in [-0.2, -0.15) is 0 Å². The molecule has 6 heteroatoms. The first-order chi connectivity index (χ1) is 11.5. The summed E-state index contributed by atoms with van der Waals surface area (Å²) in [4.78, 5) is 20.6. The molecule has 0 bridgehead atoms. The standard InChI is InChI=1S/C18H24N4O2/c1-13(2)22-15-7-5-4-6-14(15)19-16(22)10-21-9-8-18(12-21)11-20(3)17(23)24-18/h4-7,13H,8-12H2,1-3H3/t18-/m0/s1. The first kappa shape index (κ1) is 15.4. The third-order valence-electron chi connectivity index (χ3n) is 5.09. The lowest BCUT2D eigenvalue weighted by atomic mass is 10.0. The van der Waals surface area contributed by atoms with Gasteiger partial charge in [0.05, 0.1) is 24.1 Å². The number of fused-ring (bicyclic) bond motifs is 1. The van der Waals surface area contributed by atoms with Gasteiger partial charge in [0.2, 0.25) is 0 Å². The van der Waals surface area contributed by atoms with Gasteiger partial charge in [-0.3, -0.25) is 4.90 Å². The van der Waals surface area contributed by atoms with Crippen LogP contribution in [0, 0.1) is 0 Å². The molecule has 1 amide bonds. The number of hydrogen-bond donors (Lipinski definition) is 0. The van der Waals surface area contributed by atoms with E-state index in [4.69, 9.17) is 9.72 Å². The van der Waals surface area contributed by atoms with Crippen LogP contribution in [-0.4, -0.2) is 57.7 Å². The summed E-state index contributed by atoms with van der Waals surface area (Å²) in [6, 6.07) is 8.65. The average molecular weight is 328 g/mol. The van der Waals surface area contributed by atoms with Crippen LogP contribution in [-0.2, 0) is 11.3 Å². The molecule has 1 aromatic heterocycles. The van der Waals surface area contributed by atoms with Crippen molar-refractivity contribution < 1.29 is 9.53 Å². The minimum absolute atomic E-state index is 0.203. The second-order valence-electron chi connectivity index (χ2n) is 7.35. The normalized spacial score (nSPS) is 24.7. The van der Waals surface area contributed by atoms with E-state index >= 15 is 0 Å². The summed E-state index contributed by atoms with van der Waals surface area (Å²) in [5.41, 5.74) is 1.89. The SMILES string of the molecule is CC(C)n1c(CN2CC[C@@]3(C2)CN(C)C(=O)O3)nc2ccccc21. The quantitative estimate of drug-likeness (QED) is 0.869. The Morgan fingerprint density at radius 1 is 1.29 bits per heavy atom. The molecular weight excluding hydrogens is 304 g/mol. The topological polar surface area (TPSA) is 50.6 Å². The fourth-order valence-electron chi connectivity index (χ4n) is 4.05. The number of carbonyl (C=O) groups excluding carboxylic acids is 1. The van der Waals surface area contributed by atoms with Crippen molar-refractivity contribution in [3.8, 4) is 0 Å². The van der Waals surface area contributed by atoms with Crippen molar-refractivity contribution in [3.05, 3.63) is 30.1 Å². The van der Waals surface area contributed by atoms with E-state index in [1.165, 1.54) is 5.52 Å². The highest BCUT2D eigenvalue weighted by Gasteiger charge is 2.48. The predicted octanol–water partition coefficient (Wildman–Crippen LogP) is 2.64. The van der Waals surface area contributed by atoms with Crippen LogP contribution >= 0.6 is 0 Å². The van der Waals surface area contributed by atoms with E-state index in [0.29, 0.717) is 12.6 Å². The molecule has 0 unspecified atom stereocenters. The van der Waals surface area contributed by atoms with Crippen molar-refractivity contribution in [2.45, 2.75) is 38.5 Å². The Bertz CT molecular complexity index is 784. The third-order valence-corrected chi connectivity index (χ3v) is 5.09. The number of aromatic nitrogens is 2. The molecule has 24 heavy (non-hydrogen) atoms. The third kappa shape index (κ3) is 2.45. The van der Waals surface area contributed by atoms with Crippen LogP contribution in [0.3, 0.4) is 0 Å². The lowest BCUT2D eigenvalue weighted by Crippen LogP contribution is -2.37. The molecule has 2 aliphatic heterocycles. The molecule has 1 aromatic carbocycles. The van der Waals surface area contributed by atoms with Gasteiger partial charge in [-0.05, 0) is 26.0 Å². The summed E-state index contributed by atoms with van der Waals surface area (Å²) in [6.07, 6.45) is 0.691. The number of benzene rings is 1. The van der Waals surface area contributed by atoms with Crippen LogP contribution in [0.5, 0.6) is 0 Å². The Kier molecular flexibility index (Phi) is 3.53. The molecule has 3 heterocycles. The highest BCUT2D eigenvalue weighted by molar-refractivity contribution is 5.76. The summed E-state index contributed by atoms with van der Waals surface area (Å²) in [5, 5.41) is 0. The minimum Gasteiger partial charge on any atom is -0.439 e. The maximum absolute atomic E-state index is 11.7. The number of imidazole rings is 1. The Morgan fingerprint density at radius 3 is 2.79 bits per heavy atom. The molecule has 2 fully saturated rings. The number of para-hydroxylation sites is 2. The molecular formula is C18H24N4O2. The van der Waals surface area contributed by atoms with Crippen LogP contribution in [0.15, 0.2) is 24.3 Å². The summed E-state index contributed by atoms with van der Waals surface area (Å²) in [5.74, 6) is 1.08. The molecule has 0 saturated carbocycles. The summed E-state index contributed by atoms with van der Waals surface area (Å²) >= 11 is 0.